The van der Waals surface area contributed by atoms with E-state index >= 15 is 0 Å². The number of rotatable bonds is 3. The number of amides is 1. The smallest absolute Gasteiger partial charge is 0.266 e. The second-order valence-corrected chi connectivity index (χ2v) is 5.91. The van der Waals surface area contributed by atoms with Crippen molar-refractivity contribution in [2.24, 2.45) is 0 Å². The first kappa shape index (κ1) is 17.2. The lowest BCUT2D eigenvalue weighted by molar-refractivity contribution is -0.112. The van der Waals surface area contributed by atoms with Gasteiger partial charge in [-0.2, -0.15) is 5.26 Å². The van der Waals surface area contributed by atoms with Crippen molar-refractivity contribution in [2.45, 2.75) is 0 Å². The van der Waals surface area contributed by atoms with E-state index in [-0.39, 0.29) is 10.6 Å². The molecule has 1 heterocycles. The molecule has 1 amide bonds. The zero-order valence-corrected chi connectivity index (χ0v) is 14.4. The Balaban J connectivity index is 1.82. The summed E-state index contributed by atoms with van der Waals surface area (Å²) in [5.41, 5.74) is 0.884. The summed E-state index contributed by atoms with van der Waals surface area (Å²) in [6, 6.07) is 11.9. The fourth-order valence-corrected chi connectivity index (χ4v) is 2.62. The van der Waals surface area contributed by atoms with Crippen molar-refractivity contribution in [2.75, 3.05) is 18.5 Å². The normalized spacial score (nSPS) is 13.1. The molecule has 0 atom stereocenters. The second-order valence-electron chi connectivity index (χ2n) is 5.13. The van der Waals surface area contributed by atoms with Crippen LogP contribution in [0.5, 0.6) is 11.5 Å². The van der Waals surface area contributed by atoms with Crippen LogP contribution in [0, 0.1) is 11.3 Å². The van der Waals surface area contributed by atoms with Crippen molar-refractivity contribution in [1.29, 1.82) is 5.26 Å². The molecule has 25 heavy (non-hydrogen) atoms. The van der Waals surface area contributed by atoms with Gasteiger partial charge in [0.25, 0.3) is 5.91 Å². The van der Waals surface area contributed by atoms with Gasteiger partial charge in [0.1, 0.15) is 24.9 Å². The van der Waals surface area contributed by atoms with Crippen LogP contribution in [-0.2, 0) is 4.79 Å². The van der Waals surface area contributed by atoms with Gasteiger partial charge in [-0.05, 0) is 29.8 Å². The van der Waals surface area contributed by atoms with E-state index in [9.17, 15) is 10.1 Å². The summed E-state index contributed by atoms with van der Waals surface area (Å²) in [6.45, 7) is 0.932. The molecule has 1 N–H and O–H groups in total. The fraction of sp³-hybridized carbons (Fsp3) is 0.111. The number of fused-ring (bicyclic) bond motifs is 1. The van der Waals surface area contributed by atoms with Crippen molar-refractivity contribution in [1.82, 2.24) is 0 Å². The Morgan fingerprint density at radius 2 is 1.92 bits per heavy atom. The van der Waals surface area contributed by atoms with Gasteiger partial charge in [-0.3, -0.25) is 4.79 Å². The number of carbonyl (C=O) groups excluding carboxylic acids is 1. The average molecular weight is 375 g/mol. The lowest BCUT2D eigenvalue weighted by atomic mass is 10.1. The number of hydrogen-bond acceptors (Lipinski definition) is 4. The molecule has 1 aliphatic rings. The predicted molar refractivity (Wildman–Crippen MR) is 96.1 cm³/mol. The van der Waals surface area contributed by atoms with Crippen LogP contribution in [0.1, 0.15) is 5.56 Å². The molecule has 0 unspecified atom stereocenters. The average Bonchev–Trinajstić information content (AvgIpc) is 2.62. The van der Waals surface area contributed by atoms with E-state index in [0.29, 0.717) is 41.0 Å². The molecule has 0 aliphatic carbocycles. The highest BCUT2D eigenvalue weighted by Gasteiger charge is 2.15. The van der Waals surface area contributed by atoms with Crippen molar-refractivity contribution in [3.8, 4) is 17.6 Å². The fourth-order valence-electron chi connectivity index (χ4n) is 2.26. The summed E-state index contributed by atoms with van der Waals surface area (Å²) >= 11 is 12.0. The number of nitrogens with one attached hydrogen (secondary N) is 1. The van der Waals surface area contributed by atoms with E-state index in [0.717, 1.165) is 0 Å². The Morgan fingerprint density at radius 3 is 2.68 bits per heavy atom. The minimum Gasteiger partial charge on any atom is -0.486 e. The molecular formula is C18H12Cl2N2O3. The lowest BCUT2D eigenvalue weighted by Gasteiger charge is -2.18. The highest BCUT2D eigenvalue weighted by atomic mass is 35.5. The molecular weight excluding hydrogens is 363 g/mol. The quantitative estimate of drug-likeness (QED) is 0.641. The number of nitrogens with zero attached hydrogens (tertiary/aromatic N) is 1. The van der Waals surface area contributed by atoms with Gasteiger partial charge in [0.2, 0.25) is 0 Å². The van der Waals surface area contributed by atoms with Crippen LogP contribution in [0.4, 0.5) is 5.69 Å². The zero-order chi connectivity index (χ0) is 17.8. The Kier molecular flexibility index (Phi) is 5.13. The minimum absolute atomic E-state index is 0.0981. The Bertz CT molecular complexity index is 904. The van der Waals surface area contributed by atoms with Crippen LogP contribution in [0.2, 0.25) is 10.0 Å². The predicted octanol–water partition coefficient (Wildman–Crippen LogP) is 4.31. The standard InChI is InChI=1S/C18H12Cl2N2O3/c19-14-3-1-2-11(17(14)20)8-12(10-21)18(23)22-13-4-5-15-16(9-13)25-7-6-24-15/h1-5,8-9H,6-7H2,(H,22,23)/b12-8+. The molecule has 0 aromatic heterocycles. The Hall–Kier alpha value is -2.68. The van der Waals surface area contributed by atoms with E-state index < -0.39 is 5.91 Å². The molecule has 7 heteroatoms. The maximum absolute atomic E-state index is 12.4. The third-order valence-electron chi connectivity index (χ3n) is 3.45. The van der Waals surface area contributed by atoms with Crippen LogP contribution >= 0.6 is 23.2 Å². The molecule has 2 aromatic rings. The van der Waals surface area contributed by atoms with Crippen LogP contribution in [-0.4, -0.2) is 19.1 Å². The van der Waals surface area contributed by atoms with Crippen molar-refractivity contribution in [3.63, 3.8) is 0 Å². The minimum atomic E-state index is -0.560. The van der Waals surface area contributed by atoms with Crippen LogP contribution in [0.15, 0.2) is 42.0 Å². The Morgan fingerprint density at radius 1 is 1.16 bits per heavy atom. The van der Waals surface area contributed by atoms with Crippen LogP contribution in [0.3, 0.4) is 0 Å². The number of hydrogen-bond donors (Lipinski definition) is 1. The first-order chi connectivity index (χ1) is 12.1. The number of halogens is 2. The number of anilines is 1. The molecule has 2 aromatic carbocycles. The van der Waals surface area contributed by atoms with Gasteiger partial charge in [0.05, 0.1) is 10.0 Å². The first-order valence-electron chi connectivity index (χ1n) is 7.35. The van der Waals surface area contributed by atoms with Crippen LogP contribution in [0.25, 0.3) is 6.08 Å². The molecule has 0 spiro atoms. The molecule has 0 radical (unpaired) electrons. The Labute approximate surface area is 154 Å². The summed E-state index contributed by atoms with van der Waals surface area (Å²) in [6.07, 6.45) is 1.39. The molecule has 126 valence electrons. The number of nitriles is 1. The van der Waals surface area contributed by atoms with Crippen molar-refractivity contribution >= 4 is 40.9 Å². The summed E-state index contributed by atoms with van der Waals surface area (Å²) in [5, 5.41) is 12.6. The monoisotopic (exact) mass is 374 g/mol. The van der Waals surface area contributed by atoms with Gasteiger partial charge < -0.3 is 14.8 Å². The maximum atomic E-state index is 12.4. The maximum Gasteiger partial charge on any atom is 0.266 e. The van der Waals surface area contributed by atoms with Gasteiger partial charge in [-0.1, -0.05) is 35.3 Å². The largest absolute Gasteiger partial charge is 0.486 e. The first-order valence-corrected chi connectivity index (χ1v) is 8.11. The summed E-state index contributed by atoms with van der Waals surface area (Å²) < 4.78 is 10.9. The van der Waals surface area contributed by atoms with Crippen molar-refractivity contribution in [3.05, 3.63) is 57.6 Å². The van der Waals surface area contributed by atoms with Gasteiger partial charge in [0.15, 0.2) is 11.5 Å². The molecule has 1 aliphatic heterocycles. The van der Waals surface area contributed by atoms with Crippen molar-refractivity contribution < 1.29 is 14.3 Å². The van der Waals surface area contributed by atoms with Gasteiger partial charge in [0, 0.05) is 11.8 Å². The van der Waals surface area contributed by atoms with E-state index in [1.807, 2.05) is 6.07 Å². The van der Waals surface area contributed by atoms with E-state index in [2.05, 4.69) is 5.32 Å². The van der Waals surface area contributed by atoms with Gasteiger partial charge in [-0.15, -0.1) is 0 Å². The number of carbonyl (C=O) groups is 1. The summed E-state index contributed by atoms with van der Waals surface area (Å²) in [5.74, 6) is 0.602. The van der Waals surface area contributed by atoms with Gasteiger partial charge in [-0.25, -0.2) is 0 Å². The number of ether oxygens (including phenoxy) is 2. The third-order valence-corrected chi connectivity index (χ3v) is 4.28. The molecule has 5 nitrogen and oxygen atoms in total. The highest BCUT2D eigenvalue weighted by molar-refractivity contribution is 6.43. The SMILES string of the molecule is N#C/C(=C\c1cccc(Cl)c1Cl)C(=O)Nc1ccc2c(c1)OCCO2. The molecule has 0 bridgehead atoms. The zero-order valence-electron chi connectivity index (χ0n) is 12.9. The highest BCUT2D eigenvalue weighted by Crippen LogP contribution is 2.33. The molecule has 0 saturated heterocycles. The summed E-state index contributed by atoms with van der Waals surface area (Å²) in [4.78, 5) is 12.4. The van der Waals surface area contributed by atoms with Gasteiger partial charge >= 0.3 is 0 Å². The second kappa shape index (κ2) is 7.47. The van der Waals surface area contributed by atoms with E-state index in [1.54, 1.807) is 36.4 Å². The van der Waals surface area contributed by atoms with E-state index in [1.165, 1.54) is 6.08 Å². The van der Waals surface area contributed by atoms with E-state index in [4.69, 9.17) is 32.7 Å². The molecule has 0 saturated carbocycles. The third kappa shape index (κ3) is 3.87. The van der Waals surface area contributed by atoms with Crippen LogP contribution < -0.4 is 14.8 Å². The molecule has 3 rings (SSSR count). The molecule has 0 fully saturated rings. The topological polar surface area (TPSA) is 71.4 Å². The summed E-state index contributed by atoms with van der Waals surface area (Å²) in [7, 11) is 0. The number of benzene rings is 2. The lowest BCUT2D eigenvalue weighted by Crippen LogP contribution is -2.17.